The summed E-state index contributed by atoms with van der Waals surface area (Å²) >= 11 is 0. The number of fused-ring (bicyclic) bond motifs is 1. The highest BCUT2D eigenvalue weighted by Crippen LogP contribution is 2.29. The Hall–Kier alpha value is -1.79. The number of urea groups is 1. The average Bonchev–Trinajstić information content (AvgIpc) is 3.13. The van der Waals surface area contributed by atoms with Crippen molar-refractivity contribution in [2.24, 2.45) is 11.8 Å². The fraction of sp³-hybridized carbons (Fsp3) is 0.650. The number of rotatable bonds is 3. The van der Waals surface area contributed by atoms with E-state index in [2.05, 4.69) is 39.5 Å². The molecule has 2 atom stereocenters. The number of anilines is 2. The van der Waals surface area contributed by atoms with E-state index in [4.69, 9.17) is 0 Å². The van der Waals surface area contributed by atoms with Crippen molar-refractivity contribution in [1.82, 2.24) is 15.1 Å². The standard InChI is InChI=1S/C20H31N5O/c1-2-23-8-10-24(11-9-23)19-5-3-4-18(12-19)22-20(26)25-14-16-6-7-21-13-17(16)15-25/h3-5,12,16-17,21H,2,6-11,13-15H2,1H3,(H,22,26)/t16-,17+/m0/s1. The van der Waals surface area contributed by atoms with Crippen LogP contribution in [0, 0.1) is 11.8 Å². The average molecular weight is 358 g/mol. The third-order valence-electron chi connectivity index (χ3n) is 6.24. The molecule has 3 aliphatic rings. The molecule has 0 saturated carbocycles. The first-order valence-electron chi connectivity index (χ1n) is 10.1. The lowest BCUT2D eigenvalue weighted by Crippen LogP contribution is -2.46. The second-order valence-electron chi connectivity index (χ2n) is 7.82. The van der Waals surface area contributed by atoms with Gasteiger partial charge in [-0.2, -0.15) is 0 Å². The SMILES string of the molecule is CCN1CCN(c2cccc(NC(=O)N3C[C@H]4CNCC[C@H]4C3)c2)CC1. The summed E-state index contributed by atoms with van der Waals surface area (Å²) in [5, 5.41) is 6.57. The summed E-state index contributed by atoms with van der Waals surface area (Å²) in [5.74, 6) is 1.29. The van der Waals surface area contributed by atoms with E-state index in [1.54, 1.807) is 0 Å². The predicted octanol–water partition coefficient (Wildman–Crippen LogP) is 1.90. The first kappa shape index (κ1) is 17.6. The summed E-state index contributed by atoms with van der Waals surface area (Å²) in [6.07, 6.45) is 1.19. The van der Waals surface area contributed by atoms with Gasteiger partial charge in [0.2, 0.25) is 0 Å². The topological polar surface area (TPSA) is 50.9 Å². The van der Waals surface area contributed by atoms with Gasteiger partial charge in [0.05, 0.1) is 0 Å². The van der Waals surface area contributed by atoms with Gasteiger partial charge in [0.25, 0.3) is 0 Å². The van der Waals surface area contributed by atoms with Crippen LogP contribution in [0.2, 0.25) is 0 Å². The molecule has 3 aliphatic heterocycles. The molecule has 3 heterocycles. The lowest BCUT2D eigenvalue weighted by Gasteiger charge is -2.35. The number of piperidine rings is 1. The van der Waals surface area contributed by atoms with Crippen molar-refractivity contribution in [3.8, 4) is 0 Å². The summed E-state index contributed by atoms with van der Waals surface area (Å²) in [7, 11) is 0. The highest BCUT2D eigenvalue weighted by molar-refractivity contribution is 5.90. The van der Waals surface area contributed by atoms with Gasteiger partial charge in [-0.25, -0.2) is 4.79 Å². The number of carbonyl (C=O) groups excluding carboxylic acids is 1. The largest absolute Gasteiger partial charge is 0.369 e. The highest BCUT2D eigenvalue weighted by Gasteiger charge is 2.36. The summed E-state index contributed by atoms with van der Waals surface area (Å²) < 4.78 is 0. The van der Waals surface area contributed by atoms with E-state index in [0.29, 0.717) is 11.8 Å². The number of likely N-dealkylation sites (N-methyl/N-ethyl adjacent to an activating group) is 1. The molecule has 1 aromatic carbocycles. The van der Waals surface area contributed by atoms with Crippen molar-refractivity contribution < 1.29 is 4.79 Å². The zero-order valence-electron chi connectivity index (χ0n) is 15.8. The van der Waals surface area contributed by atoms with E-state index in [1.165, 1.54) is 12.1 Å². The zero-order valence-corrected chi connectivity index (χ0v) is 15.8. The Morgan fingerprint density at radius 1 is 1.19 bits per heavy atom. The predicted molar refractivity (Wildman–Crippen MR) is 106 cm³/mol. The number of nitrogens with one attached hydrogen (secondary N) is 2. The maximum absolute atomic E-state index is 12.7. The zero-order chi connectivity index (χ0) is 17.9. The van der Waals surface area contributed by atoms with E-state index in [0.717, 1.165) is 64.6 Å². The molecule has 0 aliphatic carbocycles. The first-order valence-corrected chi connectivity index (χ1v) is 10.1. The molecule has 3 saturated heterocycles. The summed E-state index contributed by atoms with van der Waals surface area (Å²) in [6.45, 7) is 11.6. The third kappa shape index (κ3) is 3.81. The Balaban J connectivity index is 1.36. The number of amides is 2. The molecular weight excluding hydrogens is 326 g/mol. The molecule has 6 nitrogen and oxygen atoms in total. The van der Waals surface area contributed by atoms with E-state index in [9.17, 15) is 4.79 Å². The lowest BCUT2D eigenvalue weighted by atomic mass is 9.90. The second kappa shape index (κ2) is 7.84. The minimum Gasteiger partial charge on any atom is -0.369 e. The number of benzene rings is 1. The monoisotopic (exact) mass is 357 g/mol. The smallest absolute Gasteiger partial charge is 0.321 e. The maximum atomic E-state index is 12.7. The van der Waals surface area contributed by atoms with Gasteiger partial charge >= 0.3 is 6.03 Å². The van der Waals surface area contributed by atoms with Gasteiger partial charge in [0.1, 0.15) is 0 Å². The van der Waals surface area contributed by atoms with Gasteiger partial charge in [-0.15, -0.1) is 0 Å². The number of nitrogens with zero attached hydrogens (tertiary/aromatic N) is 3. The van der Waals surface area contributed by atoms with Crippen LogP contribution < -0.4 is 15.5 Å². The van der Waals surface area contributed by atoms with Crippen molar-refractivity contribution in [2.45, 2.75) is 13.3 Å². The molecule has 0 spiro atoms. The van der Waals surface area contributed by atoms with Gasteiger partial charge in [0, 0.05) is 50.6 Å². The molecule has 3 fully saturated rings. The number of likely N-dealkylation sites (tertiary alicyclic amines) is 1. The molecule has 2 amide bonds. The minimum absolute atomic E-state index is 0.0485. The Kier molecular flexibility index (Phi) is 5.31. The molecule has 0 unspecified atom stereocenters. The van der Waals surface area contributed by atoms with Crippen LogP contribution in [0.25, 0.3) is 0 Å². The van der Waals surface area contributed by atoms with Crippen LogP contribution in [0.15, 0.2) is 24.3 Å². The molecular formula is C20H31N5O. The van der Waals surface area contributed by atoms with Crippen LogP contribution >= 0.6 is 0 Å². The van der Waals surface area contributed by atoms with Crippen molar-refractivity contribution in [1.29, 1.82) is 0 Å². The van der Waals surface area contributed by atoms with Gasteiger partial charge in [0.15, 0.2) is 0 Å². The Labute approximate surface area is 156 Å². The van der Waals surface area contributed by atoms with Crippen LogP contribution in [0.3, 0.4) is 0 Å². The molecule has 26 heavy (non-hydrogen) atoms. The summed E-state index contributed by atoms with van der Waals surface area (Å²) in [4.78, 5) is 19.6. The van der Waals surface area contributed by atoms with E-state index in [-0.39, 0.29) is 6.03 Å². The van der Waals surface area contributed by atoms with Crippen LogP contribution in [0.1, 0.15) is 13.3 Å². The lowest BCUT2D eigenvalue weighted by molar-refractivity contribution is 0.220. The van der Waals surface area contributed by atoms with E-state index in [1.807, 2.05) is 17.0 Å². The minimum atomic E-state index is 0.0485. The molecule has 2 N–H and O–H groups in total. The van der Waals surface area contributed by atoms with Crippen molar-refractivity contribution >= 4 is 17.4 Å². The van der Waals surface area contributed by atoms with Crippen LogP contribution in [0.5, 0.6) is 0 Å². The Morgan fingerprint density at radius 2 is 2.00 bits per heavy atom. The fourth-order valence-corrected chi connectivity index (χ4v) is 4.54. The van der Waals surface area contributed by atoms with Crippen molar-refractivity contribution in [3.63, 3.8) is 0 Å². The van der Waals surface area contributed by atoms with Crippen LogP contribution in [-0.4, -0.2) is 74.7 Å². The quantitative estimate of drug-likeness (QED) is 0.868. The van der Waals surface area contributed by atoms with E-state index < -0.39 is 0 Å². The maximum Gasteiger partial charge on any atom is 0.321 e. The summed E-state index contributed by atoms with van der Waals surface area (Å²) in [6, 6.07) is 8.35. The Bertz CT molecular complexity index is 614. The number of carbonyl (C=O) groups is 1. The van der Waals surface area contributed by atoms with Gasteiger partial charge in [-0.3, -0.25) is 0 Å². The highest BCUT2D eigenvalue weighted by atomic mass is 16.2. The van der Waals surface area contributed by atoms with Crippen molar-refractivity contribution in [2.75, 3.05) is 69.1 Å². The van der Waals surface area contributed by atoms with Gasteiger partial charge in [-0.1, -0.05) is 13.0 Å². The second-order valence-corrected chi connectivity index (χ2v) is 7.82. The van der Waals surface area contributed by atoms with Crippen molar-refractivity contribution in [3.05, 3.63) is 24.3 Å². The Morgan fingerprint density at radius 3 is 2.77 bits per heavy atom. The normalized spacial score (nSPS) is 26.7. The molecule has 1 aromatic rings. The number of hydrogen-bond donors (Lipinski definition) is 2. The number of piperazine rings is 1. The van der Waals surface area contributed by atoms with E-state index >= 15 is 0 Å². The van der Waals surface area contributed by atoms with Crippen LogP contribution in [-0.2, 0) is 0 Å². The fourth-order valence-electron chi connectivity index (χ4n) is 4.54. The molecule has 0 bridgehead atoms. The van der Waals surface area contributed by atoms with Crippen LogP contribution in [0.4, 0.5) is 16.2 Å². The number of hydrogen-bond acceptors (Lipinski definition) is 4. The summed E-state index contributed by atoms with van der Waals surface area (Å²) in [5.41, 5.74) is 2.11. The third-order valence-corrected chi connectivity index (χ3v) is 6.24. The molecule has 142 valence electrons. The molecule has 0 radical (unpaired) electrons. The van der Waals surface area contributed by atoms with Gasteiger partial charge in [-0.05, 0) is 56.1 Å². The molecule has 0 aromatic heterocycles. The molecule has 6 heteroatoms. The van der Waals surface area contributed by atoms with Gasteiger partial charge < -0.3 is 25.3 Å². The molecule has 4 rings (SSSR count). The first-order chi connectivity index (χ1) is 12.7.